The van der Waals surface area contributed by atoms with Gasteiger partial charge in [-0.25, -0.2) is 4.68 Å². The Morgan fingerprint density at radius 3 is 2.71 bits per heavy atom. The predicted octanol–water partition coefficient (Wildman–Crippen LogP) is 3.45. The summed E-state index contributed by atoms with van der Waals surface area (Å²) in [6.45, 7) is 8.28. The smallest absolute Gasteiger partial charge is 0.144 e. The van der Waals surface area contributed by atoms with E-state index in [2.05, 4.69) is 24.7 Å². The molecule has 0 amide bonds. The molecular weight excluding hydrogens is 318 g/mol. The van der Waals surface area contributed by atoms with Crippen LogP contribution in [0.25, 0.3) is 16.6 Å². The standard InChI is InChI=1S/C18H27N3O2Si/c1-20(2)18(8-9-22)15-6-7-16-13-21(19-17(16)12-15)14-23-10-11-24(3,4)5/h6-9,12-13H,10-11,14H2,1-5H3. The second kappa shape index (κ2) is 7.77. The molecule has 6 heteroatoms. The monoisotopic (exact) mass is 345 g/mol. The van der Waals surface area contributed by atoms with Crippen LogP contribution in [0.1, 0.15) is 5.56 Å². The van der Waals surface area contributed by atoms with Crippen LogP contribution in [0, 0.1) is 0 Å². The molecule has 5 nitrogen and oxygen atoms in total. The fourth-order valence-corrected chi connectivity index (χ4v) is 3.15. The number of aldehydes is 1. The van der Waals surface area contributed by atoms with Gasteiger partial charge in [-0.1, -0.05) is 31.8 Å². The van der Waals surface area contributed by atoms with Gasteiger partial charge in [-0.05, 0) is 12.1 Å². The maximum Gasteiger partial charge on any atom is 0.144 e. The summed E-state index contributed by atoms with van der Waals surface area (Å²) in [6, 6.07) is 7.19. The van der Waals surface area contributed by atoms with Gasteiger partial charge in [0.15, 0.2) is 0 Å². The lowest BCUT2D eigenvalue weighted by atomic mass is 10.1. The van der Waals surface area contributed by atoms with Gasteiger partial charge >= 0.3 is 0 Å². The zero-order valence-electron chi connectivity index (χ0n) is 15.2. The maximum absolute atomic E-state index is 10.8. The molecule has 24 heavy (non-hydrogen) atoms. The van der Waals surface area contributed by atoms with Gasteiger partial charge in [-0.3, -0.25) is 4.79 Å². The fraction of sp³-hybridized carbons (Fsp3) is 0.444. The van der Waals surface area contributed by atoms with Gasteiger partial charge in [0, 0.05) is 57.7 Å². The van der Waals surface area contributed by atoms with Crippen molar-refractivity contribution in [1.29, 1.82) is 0 Å². The van der Waals surface area contributed by atoms with Crippen molar-refractivity contribution in [3.05, 3.63) is 36.0 Å². The number of hydrogen-bond acceptors (Lipinski definition) is 4. The lowest BCUT2D eigenvalue weighted by molar-refractivity contribution is -0.104. The van der Waals surface area contributed by atoms with Gasteiger partial charge in [0.2, 0.25) is 0 Å². The maximum atomic E-state index is 10.8. The largest absolute Gasteiger partial charge is 0.377 e. The quantitative estimate of drug-likeness (QED) is 0.318. The van der Waals surface area contributed by atoms with Crippen LogP contribution in [0.5, 0.6) is 0 Å². The average Bonchev–Trinajstić information content (AvgIpc) is 2.89. The Morgan fingerprint density at radius 1 is 1.33 bits per heavy atom. The van der Waals surface area contributed by atoms with E-state index in [0.717, 1.165) is 41.1 Å². The van der Waals surface area contributed by atoms with Crippen LogP contribution in [0.4, 0.5) is 0 Å². The molecule has 0 fully saturated rings. The van der Waals surface area contributed by atoms with E-state index in [1.165, 1.54) is 0 Å². The van der Waals surface area contributed by atoms with Crippen LogP contribution in [-0.2, 0) is 16.3 Å². The Labute approximate surface area is 144 Å². The summed E-state index contributed by atoms with van der Waals surface area (Å²) >= 11 is 0. The SMILES string of the molecule is CN(C)C(=CC=O)c1ccc2cn(COCC[Si](C)(C)C)nc2c1. The second-order valence-corrected chi connectivity index (χ2v) is 13.0. The van der Waals surface area contributed by atoms with Gasteiger partial charge < -0.3 is 9.64 Å². The molecular formula is C18H27N3O2Si. The second-order valence-electron chi connectivity index (χ2n) is 7.37. The molecule has 0 aliphatic carbocycles. The van der Waals surface area contributed by atoms with Crippen molar-refractivity contribution >= 4 is 31.0 Å². The molecule has 0 saturated heterocycles. The first kappa shape index (κ1) is 18.4. The van der Waals surface area contributed by atoms with Gasteiger partial charge in [-0.2, -0.15) is 5.10 Å². The molecule has 130 valence electrons. The number of rotatable bonds is 8. The summed E-state index contributed by atoms with van der Waals surface area (Å²) < 4.78 is 7.58. The summed E-state index contributed by atoms with van der Waals surface area (Å²) in [6.07, 6.45) is 4.37. The summed E-state index contributed by atoms with van der Waals surface area (Å²) in [5, 5.41) is 5.64. The van der Waals surface area contributed by atoms with Gasteiger partial charge in [-0.15, -0.1) is 0 Å². The van der Waals surface area contributed by atoms with Crippen LogP contribution in [0.2, 0.25) is 25.7 Å². The van der Waals surface area contributed by atoms with Crippen LogP contribution in [0.3, 0.4) is 0 Å². The molecule has 0 aliphatic heterocycles. The summed E-state index contributed by atoms with van der Waals surface area (Å²) in [7, 11) is 2.78. The fourth-order valence-electron chi connectivity index (χ4n) is 2.40. The van der Waals surface area contributed by atoms with Crippen LogP contribution >= 0.6 is 0 Å². The third kappa shape index (κ3) is 5.04. The first-order chi connectivity index (χ1) is 11.3. The van der Waals surface area contributed by atoms with Crippen molar-refractivity contribution in [3.63, 3.8) is 0 Å². The molecule has 0 aliphatic rings. The number of carbonyl (C=O) groups is 1. The Kier molecular flexibility index (Phi) is 5.96. The van der Waals surface area contributed by atoms with E-state index in [1.807, 2.05) is 48.1 Å². The van der Waals surface area contributed by atoms with Crippen molar-refractivity contribution in [3.8, 4) is 0 Å². The number of benzene rings is 1. The zero-order chi connectivity index (χ0) is 17.7. The molecule has 0 radical (unpaired) electrons. The van der Waals surface area contributed by atoms with Crippen LogP contribution < -0.4 is 0 Å². The molecule has 0 spiro atoms. The topological polar surface area (TPSA) is 47.4 Å². The number of ether oxygens (including phenoxy) is 1. The van der Waals surface area contributed by atoms with Gasteiger partial charge in [0.05, 0.1) is 5.52 Å². The molecule has 0 unspecified atom stereocenters. The first-order valence-corrected chi connectivity index (χ1v) is 11.9. The minimum absolute atomic E-state index is 0.471. The van der Waals surface area contributed by atoms with E-state index in [4.69, 9.17) is 4.74 Å². The molecule has 0 saturated carbocycles. The van der Waals surface area contributed by atoms with E-state index in [0.29, 0.717) is 6.73 Å². The molecule has 1 aromatic heterocycles. The third-order valence-electron chi connectivity index (χ3n) is 3.78. The summed E-state index contributed by atoms with van der Waals surface area (Å²) in [5.74, 6) is 0. The Balaban J connectivity index is 2.11. The van der Waals surface area contributed by atoms with Crippen LogP contribution in [0.15, 0.2) is 30.5 Å². The third-order valence-corrected chi connectivity index (χ3v) is 5.48. The minimum atomic E-state index is -1.06. The zero-order valence-corrected chi connectivity index (χ0v) is 16.2. The first-order valence-electron chi connectivity index (χ1n) is 8.18. The highest BCUT2D eigenvalue weighted by Gasteiger charge is 2.12. The van der Waals surface area contributed by atoms with E-state index in [9.17, 15) is 4.79 Å². The Bertz CT molecular complexity index is 729. The summed E-state index contributed by atoms with van der Waals surface area (Å²) in [5.41, 5.74) is 2.75. The normalized spacial score (nSPS) is 12.6. The molecule has 0 atom stereocenters. The number of hydrogen-bond donors (Lipinski definition) is 0. The van der Waals surface area contributed by atoms with E-state index in [-0.39, 0.29) is 0 Å². The Hall–Kier alpha value is -1.92. The van der Waals surface area contributed by atoms with Crippen molar-refractivity contribution in [2.45, 2.75) is 32.4 Å². The van der Waals surface area contributed by atoms with Crippen LogP contribution in [-0.4, -0.2) is 49.7 Å². The Morgan fingerprint density at radius 2 is 2.08 bits per heavy atom. The average molecular weight is 346 g/mol. The number of fused-ring (bicyclic) bond motifs is 1. The molecule has 0 bridgehead atoms. The highest BCUT2D eigenvalue weighted by molar-refractivity contribution is 6.76. The number of nitrogens with zero attached hydrogens (tertiary/aromatic N) is 3. The van der Waals surface area contributed by atoms with E-state index >= 15 is 0 Å². The number of carbonyl (C=O) groups excluding carboxylic acids is 1. The number of allylic oxidation sites excluding steroid dienone is 1. The van der Waals surface area contributed by atoms with E-state index < -0.39 is 8.07 Å². The van der Waals surface area contributed by atoms with Crippen molar-refractivity contribution in [2.75, 3.05) is 20.7 Å². The van der Waals surface area contributed by atoms with Gasteiger partial charge in [0.25, 0.3) is 0 Å². The van der Waals surface area contributed by atoms with E-state index in [1.54, 1.807) is 6.08 Å². The molecule has 1 aromatic carbocycles. The van der Waals surface area contributed by atoms with Crippen molar-refractivity contribution in [1.82, 2.24) is 14.7 Å². The molecule has 2 rings (SSSR count). The summed E-state index contributed by atoms with van der Waals surface area (Å²) in [4.78, 5) is 12.8. The lowest BCUT2D eigenvalue weighted by Crippen LogP contribution is -2.22. The minimum Gasteiger partial charge on any atom is -0.377 e. The highest BCUT2D eigenvalue weighted by atomic mass is 28.3. The predicted molar refractivity (Wildman–Crippen MR) is 102 cm³/mol. The highest BCUT2D eigenvalue weighted by Crippen LogP contribution is 2.21. The number of aromatic nitrogens is 2. The molecule has 1 heterocycles. The van der Waals surface area contributed by atoms with Crippen molar-refractivity contribution in [2.24, 2.45) is 0 Å². The molecule has 0 N–H and O–H groups in total. The molecule has 2 aromatic rings. The van der Waals surface area contributed by atoms with Crippen molar-refractivity contribution < 1.29 is 9.53 Å². The lowest BCUT2D eigenvalue weighted by Gasteiger charge is -2.16. The van der Waals surface area contributed by atoms with Gasteiger partial charge in [0.1, 0.15) is 13.0 Å².